The number of hydrogen-bond acceptors (Lipinski definition) is 4. The van der Waals surface area contributed by atoms with Gasteiger partial charge in [-0.15, -0.1) is 0 Å². The number of ether oxygens (including phenoxy) is 1. The number of nitrogens with one attached hydrogen (secondary N) is 1. The molecule has 1 aliphatic rings. The maximum absolute atomic E-state index is 11.7. The lowest BCUT2D eigenvalue weighted by atomic mass is 10.1. The summed E-state index contributed by atoms with van der Waals surface area (Å²) in [6.45, 7) is 11.8. The summed E-state index contributed by atoms with van der Waals surface area (Å²) in [5.41, 5.74) is -0.403. The average Bonchev–Trinajstić information content (AvgIpc) is 2.28. The lowest BCUT2D eigenvalue weighted by molar-refractivity contribution is -0.156. The van der Waals surface area contributed by atoms with Gasteiger partial charge in [0, 0.05) is 13.1 Å². The second-order valence-electron chi connectivity index (χ2n) is 6.11. The fourth-order valence-electron chi connectivity index (χ4n) is 2.10. The predicted molar refractivity (Wildman–Crippen MR) is 73.6 cm³/mol. The maximum Gasteiger partial charge on any atom is 0.323 e. The molecule has 1 unspecified atom stereocenters. The molecule has 0 saturated carbocycles. The van der Waals surface area contributed by atoms with Crippen molar-refractivity contribution < 1.29 is 9.53 Å². The third-order valence-corrected chi connectivity index (χ3v) is 3.09. The molecule has 1 N–H and O–H groups in total. The van der Waals surface area contributed by atoms with Crippen LogP contribution in [0.25, 0.3) is 0 Å². The first kappa shape index (κ1) is 15.4. The van der Waals surface area contributed by atoms with E-state index >= 15 is 0 Å². The molecule has 0 amide bonds. The SMILES string of the molecule is CC(NCCN1CCCCC1)C(=O)OC(C)(C)C. The van der Waals surface area contributed by atoms with Crippen molar-refractivity contribution in [1.82, 2.24) is 10.2 Å². The van der Waals surface area contributed by atoms with Crippen LogP contribution in [0.1, 0.15) is 47.0 Å². The molecule has 1 rings (SSSR count). The second-order valence-corrected chi connectivity index (χ2v) is 6.11. The van der Waals surface area contributed by atoms with E-state index in [-0.39, 0.29) is 12.0 Å². The number of esters is 1. The summed E-state index contributed by atoms with van der Waals surface area (Å²) in [4.78, 5) is 14.2. The van der Waals surface area contributed by atoms with Crippen LogP contribution in [0.3, 0.4) is 0 Å². The molecule has 0 aromatic rings. The highest BCUT2D eigenvalue weighted by atomic mass is 16.6. The zero-order valence-electron chi connectivity index (χ0n) is 12.3. The summed E-state index contributed by atoms with van der Waals surface area (Å²) in [7, 11) is 0. The molecule has 0 aromatic carbocycles. The molecule has 0 aliphatic carbocycles. The first-order valence-electron chi connectivity index (χ1n) is 7.07. The van der Waals surface area contributed by atoms with E-state index in [2.05, 4.69) is 10.2 Å². The summed E-state index contributed by atoms with van der Waals surface area (Å²) >= 11 is 0. The van der Waals surface area contributed by atoms with Crippen molar-refractivity contribution in [3.05, 3.63) is 0 Å². The van der Waals surface area contributed by atoms with Crippen molar-refractivity contribution in [3.8, 4) is 0 Å². The summed E-state index contributed by atoms with van der Waals surface area (Å²) in [5.74, 6) is -0.166. The number of piperidine rings is 1. The van der Waals surface area contributed by atoms with E-state index in [1.165, 1.54) is 32.4 Å². The molecule has 0 aromatic heterocycles. The van der Waals surface area contributed by atoms with Crippen molar-refractivity contribution in [2.75, 3.05) is 26.2 Å². The van der Waals surface area contributed by atoms with Gasteiger partial charge in [-0.2, -0.15) is 0 Å². The zero-order valence-corrected chi connectivity index (χ0v) is 12.3. The number of likely N-dealkylation sites (tertiary alicyclic amines) is 1. The molecule has 106 valence electrons. The van der Waals surface area contributed by atoms with Crippen molar-refractivity contribution in [1.29, 1.82) is 0 Å². The standard InChI is InChI=1S/C14H28N2O2/c1-12(13(17)18-14(2,3)4)15-8-11-16-9-6-5-7-10-16/h12,15H,5-11H2,1-4H3. The van der Waals surface area contributed by atoms with Gasteiger partial charge in [0.1, 0.15) is 11.6 Å². The summed E-state index contributed by atoms with van der Waals surface area (Å²) in [6, 6.07) is -0.228. The zero-order chi connectivity index (χ0) is 13.6. The third kappa shape index (κ3) is 6.36. The molecule has 1 atom stereocenters. The van der Waals surface area contributed by atoms with E-state index in [4.69, 9.17) is 4.74 Å². The van der Waals surface area contributed by atoms with Crippen LogP contribution in [0.15, 0.2) is 0 Å². The molecule has 4 nitrogen and oxygen atoms in total. The minimum Gasteiger partial charge on any atom is -0.459 e. The fraction of sp³-hybridized carbons (Fsp3) is 0.929. The highest BCUT2D eigenvalue weighted by Gasteiger charge is 2.21. The average molecular weight is 256 g/mol. The molecule has 1 heterocycles. The molecule has 1 aliphatic heterocycles. The molecule has 4 heteroatoms. The van der Waals surface area contributed by atoms with Gasteiger partial charge < -0.3 is 15.0 Å². The van der Waals surface area contributed by atoms with Crippen molar-refractivity contribution >= 4 is 5.97 Å². The van der Waals surface area contributed by atoms with E-state index in [1.807, 2.05) is 27.7 Å². The Morgan fingerprint density at radius 2 is 1.89 bits per heavy atom. The van der Waals surface area contributed by atoms with Crippen LogP contribution in [0, 0.1) is 0 Å². The Balaban J connectivity index is 2.15. The van der Waals surface area contributed by atoms with Crippen molar-refractivity contribution in [3.63, 3.8) is 0 Å². The van der Waals surface area contributed by atoms with E-state index in [9.17, 15) is 4.79 Å². The summed E-state index contributed by atoms with van der Waals surface area (Å²) in [6.07, 6.45) is 3.97. The van der Waals surface area contributed by atoms with Crippen LogP contribution in [0.4, 0.5) is 0 Å². The molecule has 1 fully saturated rings. The van der Waals surface area contributed by atoms with Gasteiger partial charge >= 0.3 is 5.97 Å². The molecular weight excluding hydrogens is 228 g/mol. The highest BCUT2D eigenvalue weighted by Crippen LogP contribution is 2.09. The number of carbonyl (C=O) groups excluding carboxylic acids is 1. The van der Waals surface area contributed by atoms with Gasteiger partial charge in [-0.25, -0.2) is 0 Å². The normalized spacial score (nSPS) is 19.6. The minimum atomic E-state index is -0.403. The predicted octanol–water partition coefficient (Wildman–Crippen LogP) is 1.79. The minimum absolute atomic E-state index is 0.166. The lowest BCUT2D eigenvalue weighted by Gasteiger charge is -2.27. The largest absolute Gasteiger partial charge is 0.459 e. The van der Waals surface area contributed by atoms with E-state index < -0.39 is 5.60 Å². The van der Waals surface area contributed by atoms with Gasteiger partial charge in [-0.3, -0.25) is 4.79 Å². The number of rotatable bonds is 5. The van der Waals surface area contributed by atoms with Crippen LogP contribution in [0.5, 0.6) is 0 Å². The molecule has 1 saturated heterocycles. The van der Waals surface area contributed by atoms with E-state index in [0.29, 0.717) is 0 Å². The first-order chi connectivity index (χ1) is 8.38. The van der Waals surface area contributed by atoms with Gasteiger partial charge in [0.05, 0.1) is 0 Å². The Morgan fingerprint density at radius 1 is 1.28 bits per heavy atom. The number of nitrogens with zero attached hydrogens (tertiary/aromatic N) is 1. The molecular formula is C14H28N2O2. The van der Waals surface area contributed by atoms with E-state index in [0.717, 1.165) is 13.1 Å². The topological polar surface area (TPSA) is 41.6 Å². The summed E-state index contributed by atoms with van der Waals surface area (Å²) < 4.78 is 5.33. The van der Waals surface area contributed by atoms with E-state index in [1.54, 1.807) is 0 Å². The summed E-state index contributed by atoms with van der Waals surface area (Å²) in [5, 5.41) is 3.24. The molecule has 0 bridgehead atoms. The van der Waals surface area contributed by atoms with Crippen LogP contribution >= 0.6 is 0 Å². The quantitative estimate of drug-likeness (QED) is 0.762. The lowest BCUT2D eigenvalue weighted by Crippen LogP contribution is -2.43. The van der Waals surface area contributed by atoms with Gasteiger partial charge in [0.15, 0.2) is 0 Å². The van der Waals surface area contributed by atoms with Crippen LogP contribution in [-0.4, -0.2) is 48.7 Å². The van der Waals surface area contributed by atoms with Gasteiger partial charge in [-0.05, 0) is 53.6 Å². The van der Waals surface area contributed by atoms with Crippen LogP contribution in [0.2, 0.25) is 0 Å². The van der Waals surface area contributed by atoms with Gasteiger partial charge in [0.25, 0.3) is 0 Å². The second kappa shape index (κ2) is 7.10. The van der Waals surface area contributed by atoms with Gasteiger partial charge in [0.2, 0.25) is 0 Å². The number of hydrogen-bond donors (Lipinski definition) is 1. The Bertz CT molecular complexity index is 255. The monoisotopic (exact) mass is 256 g/mol. The van der Waals surface area contributed by atoms with Crippen LogP contribution in [-0.2, 0) is 9.53 Å². The van der Waals surface area contributed by atoms with Crippen molar-refractivity contribution in [2.24, 2.45) is 0 Å². The van der Waals surface area contributed by atoms with Crippen molar-refractivity contribution in [2.45, 2.75) is 58.6 Å². The van der Waals surface area contributed by atoms with Gasteiger partial charge in [-0.1, -0.05) is 6.42 Å². The Labute approximate surface area is 111 Å². The fourth-order valence-corrected chi connectivity index (χ4v) is 2.10. The first-order valence-corrected chi connectivity index (χ1v) is 7.07. The highest BCUT2D eigenvalue weighted by molar-refractivity contribution is 5.75. The Morgan fingerprint density at radius 3 is 2.44 bits per heavy atom. The molecule has 0 radical (unpaired) electrons. The molecule has 0 spiro atoms. The smallest absolute Gasteiger partial charge is 0.323 e. The third-order valence-electron chi connectivity index (χ3n) is 3.09. The van der Waals surface area contributed by atoms with Crippen LogP contribution < -0.4 is 5.32 Å². The Hall–Kier alpha value is -0.610. The number of carbonyl (C=O) groups is 1. The molecule has 18 heavy (non-hydrogen) atoms. The Kier molecular flexibility index (Phi) is 6.09. The maximum atomic E-state index is 11.7.